The average molecular weight is 493 g/mol. The van der Waals surface area contributed by atoms with Gasteiger partial charge in [-0.1, -0.05) is 50.1 Å². The number of β-lactam (4-membered cyclic amide) rings is 1. The van der Waals surface area contributed by atoms with Crippen molar-refractivity contribution in [2.75, 3.05) is 0 Å². The number of alkyl carbamates (subject to hydrolysis) is 1. The van der Waals surface area contributed by atoms with Gasteiger partial charge in [-0.2, -0.15) is 0 Å². The molecule has 0 aliphatic carbocycles. The number of carbonyl (C=O) groups excluding carboxylic acids is 4. The number of hydrogen-bond acceptors (Lipinski definition) is 8. The Hall–Kier alpha value is -2.75. The van der Waals surface area contributed by atoms with Crippen LogP contribution in [-0.2, 0) is 35.2 Å². The Balaban J connectivity index is 1.52. The molecule has 0 saturated carbocycles. The molecule has 186 valence electrons. The monoisotopic (exact) mass is 492 g/mol. The second-order valence-corrected chi connectivity index (χ2v) is 10.7. The van der Waals surface area contributed by atoms with E-state index in [0.717, 1.165) is 18.4 Å². The van der Waals surface area contributed by atoms with E-state index in [1.165, 1.54) is 23.6 Å². The lowest BCUT2D eigenvalue weighted by atomic mass is 9.96. The van der Waals surface area contributed by atoms with E-state index < -0.39 is 46.5 Å². The summed E-state index contributed by atoms with van der Waals surface area (Å²) in [5.41, 5.74) is 0.832. The molecule has 0 radical (unpaired) electrons. The van der Waals surface area contributed by atoms with Gasteiger partial charge >= 0.3 is 18.0 Å². The maximum atomic E-state index is 12.9. The van der Waals surface area contributed by atoms with Crippen molar-refractivity contribution in [3.05, 3.63) is 35.9 Å². The van der Waals surface area contributed by atoms with Crippen molar-refractivity contribution in [3.63, 3.8) is 0 Å². The van der Waals surface area contributed by atoms with E-state index in [2.05, 4.69) is 5.32 Å². The van der Waals surface area contributed by atoms with Crippen molar-refractivity contribution >= 4 is 35.7 Å². The lowest BCUT2D eigenvalue weighted by Crippen LogP contribution is -2.70. The van der Waals surface area contributed by atoms with Crippen molar-refractivity contribution in [2.45, 2.75) is 88.5 Å². The summed E-state index contributed by atoms with van der Waals surface area (Å²) in [7, 11) is 0. The van der Waals surface area contributed by atoms with E-state index in [-0.39, 0.29) is 18.9 Å². The maximum absolute atomic E-state index is 12.9. The fraction of sp³-hybridized carbons (Fsp3) is 0.583. The largest absolute Gasteiger partial charge is 0.445 e. The number of amides is 2. The molecule has 4 atom stereocenters. The third kappa shape index (κ3) is 6.02. The van der Waals surface area contributed by atoms with Crippen LogP contribution in [0.4, 0.5) is 4.79 Å². The summed E-state index contributed by atoms with van der Waals surface area (Å²) in [5, 5.41) is 2.18. The first-order chi connectivity index (χ1) is 16.1. The molecule has 1 N–H and O–H groups in total. The van der Waals surface area contributed by atoms with Gasteiger partial charge in [-0.25, -0.2) is 9.59 Å². The van der Waals surface area contributed by atoms with Crippen molar-refractivity contribution in [1.29, 1.82) is 0 Å². The fourth-order valence-corrected chi connectivity index (χ4v) is 5.65. The predicted octanol–water partition coefficient (Wildman–Crippen LogP) is 3.36. The van der Waals surface area contributed by atoms with Crippen molar-refractivity contribution in [2.24, 2.45) is 0 Å². The summed E-state index contributed by atoms with van der Waals surface area (Å²) in [5.74, 6) is -1.46. The number of nitrogens with zero attached hydrogens (tertiary/aromatic N) is 1. The third-order valence-electron chi connectivity index (χ3n) is 5.71. The van der Waals surface area contributed by atoms with E-state index in [0.29, 0.717) is 6.42 Å². The number of rotatable bonds is 10. The van der Waals surface area contributed by atoms with Gasteiger partial charge in [0, 0.05) is 18.1 Å². The molecule has 9 nitrogen and oxygen atoms in total. The van der Waals surface area contributed by atoms with Crippen LogP contribution in [0.1, 0.15) is 58.9 Å². The Morgan fingerprint density at radius 3 is 2.53 bits per heavy atom. The summed E-state index contributed by atoms with van der Waals surface area (Å²) in [6.45, 7) is 7.27. The highest BCUT2D eigenvalue weighted by Gasteiger charge is 2.64. The second kappa shape index (κ2) is 11.1. The molecule has 1 aromatic carbocycles. The molecule has 0 bridgehead atoms. The molecule has 10 heteroatoms. The van der Waals surface area contributed by atoms with Gasteiger partial charge in [0.2, 0.25) is 12.2 Å². The van der Waals surface area contributed by atoms with Crippen molar-refractivity contribution in [1.82, 2.24) is 10.2 Å². The van der Waals surface area contributed by atoms with Crippen LogP contribution in [0.25, 0.3) is 0 Å². The summed E-state index contributed by atoms with van der Waals surface area (Å²) in [6, 6.07) is 7.55. The van der Waals surface area contributed by atoms with E-state index in [4.69, 9.17) is 14.2 Å². The highest BCUT2D eigenvalue weighted by atomic mass is 32.2. The van der Waals surface area contributed by atoms with Gasteiger partial charge in [0.1, 0.15) is 24.1 Å². The average Bonchev–Trinajstić information content (AvgIpc) is 3.04. The molecule has 34 heavy (non-hydrogen) atoms. The number of unbranched alkanes of at least 4 members (excludes halogenated alkanes) is 2. The van der Waals surface area contributed by atoms with E-state index in [9.17, 15) is 19.2 Å². The van der Waals surface area contributed by atoms with Gasteiger partial charge in [0.25, 0.3) is 0 Å². The number of ether oxygens (including phenoxy) is 3. The van der Waals surface area contributed by atoms with E-state index in [1.807, 2.05) is 51.1 Å². The number of hydrogen-bond donors (Lipinski definition) is 1. The number of nitrogens with one attached hydrogen (secondary N) is 1. The smallest absolute Gasteiger partial charge is 0.408 e. The predicted molar refractivity (Wildman–Crippen MR) is 125 cm³/mol. The Morgan fingerprint density at radius 1 is 1.15 bits per heavy atom. The zero-order valence-electron chi connectivity index (χ0n) is 19.9. The minimum atomic E-state index is -1.06. The standard InChI is InChI=1S/C24H32N2O7S/c1-5-6-8-13-17(27)32-15(2)33-22(29)19-24(3,4)34-21-18(20(28)26(19)21)25-23(30)31-14-16-11-9-7-10-12-16/h7,9-12,15,18-19,21H,5-6,8,13-14H2,1-4H3,(H,25,30)/t15?,18-,19+,21-/m1/s1. The molecule has 2 heterocycles. The molecule has 0 aromatic heterocycles. The normalized spacial score (nSPS) is 23.4. The highest BCUT2D eigenvalue weighted by molar-refractivity contribution is 8.01. The molecule has 3 rings (SSSR count). The fourth-order valence-electron chi connectivity index (χ4n) is 4.03. The van der Waals surface area contributed by atoms with Crippen molar-refractivity contribution < 1.29 is 33.4 Å². The van der Waals surface area contributed by atoms with Crippen LogP contribution >= 0.6 is 11.8 Å². The second-order valence-electron chi connectivity index (χ2n) is 8.90. The van der Waals surface area contributed by atoms with Crippen LogP contribution in [0.2, 0.25) is 0 Å². The van der Waals surface area contributed by atoms with Gasteiger partial charge in [-0.05, 0) is 25.8 Å². The summed E-state index contributed by atoms with van der Waals surface area (Å²) < 4.78 is 15.1. The van der Waals surface area contributed by atoms with Gasteiger partial charge in [-0.3, -0.25) is 9.59 Å². The van der Waals surface area contributed by atoms with Gasteiger partial charge in [0.05, 0.1) is 0 Å². The van der Waals surface area contributed by atoms with Crippen molar-refractivity contribution in [3.8, 4) is 0 Å². The van der Waals surface area contributed by atoms with E-state index >= 15 is 0 Å². The topological polar surface area (TPSA) is 111 Å². The van der Waals surface area contributed by atoms with Crippen LogP contribution in [0.15, 0.2) is 30.3 Å². The molecule has 2 fully saturated rings. The molecule has 1 aromatic rings. The molecule has 2 amide bonds. The highest BCUT2D eigenvalue weighted by Crippen LogP contribution is 2.51. The Kier molecular flexibility index (Phi) is 8.46. The van der Waals surface area contributed by atoms with Crippen LogP contribution in [0, 0.1) is 0 Å². The summed E-state index contributed by atoms with van der Waals surface area (Å²) >= 11 is 1.40. The molecule has 2 saturated heterocycles. The maximum Gasteiger partial charge on any atom is 0.408 e. The number of esters is 2. The molecular weight excluding hydrogens is 460 g/mol. The van der Waals surface area contributed by atoms with E-state index in [1.54, 1.807) is 0 Å². The van der Waals surface area contributed by atoms with Crippen LogP contribution in [-0.4, -0.2) is 57.3 Å². The number of benzene rings is 1. The third-order valence-corrected chi connectivity index (χ3v) is 7.29. The van der Waals surface area contributed by atoms with Gasteiger partial charge < -0.3 is 24.4 Å². The Morgan fingerprint density at radius 2 is 1.85 bits per heavy atom. The number of fused-ring (bicyclic) bond motifs is 1. The SMILES string of the molecule is CCCCCC(=O)OC(C)OC(=O)[C@@H]1N2C(=O)[C@@H](NC(=O)OCc3ccccc3)[C@H]2SC1(C)C. The van der Waals surface area contributed by atoms with Gasteiger partial charge in [0.15, 0.2) is 0 Å². The minimum absolute atomic E-state index is 0.0879. The molecule has 2 aliphatic heterocycles. The van der Waals surface area contributed by atoms with Crippen LogP contribution in [0.5, 0.6) is 0 Å². The Bertz CT molecular complexity index is 908. The summed E-state index contributed by atoms with van der Waals surface area (Å²) in [4.78, 5) is 51.3. The zero-order valence-corrected chi connectivity index (χ0v) is 20.8. The molecule has 1 unspecified atom stereocenters. The number of thioether (sulfide) groups is 1. The molecule has 2 aliphatic rings. The Labute approximate surface area is 203 Å². The quantitative estimate of drug-likeness (QED) is 0.229. The molecular formula is C24H32N2O7S. The van der Waals surface area contributed by atoms with Crippen LogP contribution < -0.4 is 5.32 Å². The zero-order chi connectivity index (χ0) is 24.9. The minimum Gasteiger partial charge on any atom is -0.445 e. The first-order valence-electron chi connectivity index (χ1n) is 11.5. The first-order valence-corrected chi connectivity index (χ1v) is 12.4. The molecule has 0 spiro atoms. The summed E-state index contributed by atoms with van der Waals surface area (Å²) in [6.07, 6.45) is 1.13. The lowest BCUT2D eigenvalue weighted by molar-refractivity contribution is -0.191. The van der Waals surface area contributed by atoms with Crippen LogP contribution in [0.3, 0.4) is 0 Å². The van der Waals surface area contributed by atoms with Gasteiger partial charge in [-0.15, -0.1) is 11.8 Å². The number of carbonyl (C=O) groups is 4. The first kappa shape index (κ1) is 25.9. The lowest BCUT2D eigenvalue weighted by Gasteiger charge is -2.43.